The minimum atomic E-state index is -0.652. The zero-order valence-corrected chi connectivity index (χ0v) is 12.5. The molecule has 0 bridgehead atoms. The van der Waals surface area contributed by atoms with Crippen molar-refractivity contribution in [1.29, 1.82) is 0 Å². The Bertz CT molecular complexity index is 709. The lowest BCUT2D eigenvalue weighted by Crippen LogP contribution is -2.19. The van der Waals surface area contributed by atoms with Gasteiger partial charge < -0.3 is 11.1 Å². The highest BCUT2D eigenvalue weighted by Crippen LogP contribution is 2.28. The highest BCUT2D eigenvalue weighted by Gasteiger charge is 2.19. The Balaban J connectivity index is 2.64. The Morgan fingerprint density at radius 1 is 1.35 bits per heavy atom. The number of primary amides is 1. The van der Waals surface area contributed by atoms with Crippen molar-refractivity contribution in [1.82, 2.24) is 4.57 Å². The van der Waals surface area contributed by atoms with Gasteiger partial charge in [0.1, 0.15) is 16.6 Å². The Kier molecular flexibility index (Phi) is 4.53. The van der Waals surface area contributed by atoms with Gasteiger partial charge in [0.05, 0.1) is 0 Å². The second-order valence-electron chi connectivity index (χ2n) is 3.76. The van der Waals surface area contributed by atoms with Crippen LogP contribution in [0.3, 0.4) is 0 Å². The van der Waals surface area contributed by atoms with Crippen molar-refractivity contribution < 1.29 is 9.59 Å². The van der Waals surface area contributed by atoms with Crippen LogP contribution in [0.4, 0.5) is 5.82 Å². The van der Waals surface area contributed by atoms with E-state index in [1.165, 1.54) is 0 Å². The minimum absolute atomic E-state index is 0.192. The van der Waals surface area contributed by atoms with Crippen LogP contribution in [-0.4, -0.2) is 22.3 Å². The highest BCUT2D eigenvalue weighted by atomic mass is 35.5. The first kappa shape index (κ1) is 14.7. The van der Waals surface area contributed by atoms with Gasteiger partial charge in [-0.1, -0.05) is 29.5 Å². The van der Waals surface area contributed by atoms with Crippen LogP contribution in [-0.2, 0) is 4.79 Å². The Morgan fingerprint density at radius 2 is 2.00 bits per heavy atom. The monoisotopic (exact) mass is 327 g/mol. The summed E-state index contributed by atoms with van der Waals surface area (Å²) in [6.07, 6.45) is 0. The first-order valence-corrected chi connectivity index (χ1v) is 7.27. The topological polar surface area (TPSA) is 77.1 Å². The summed E-state index contributed by atoms with van der Waals surface area (Å²) in [4.78, 5) is 23.2. The highest BCUT2D eigenvalue weighted by molar-refractivity contribution is 7.73. The van der Waals surface area contributed by atoms with Crippen LogP contribution in [0, 0.1) is 3.95 Å². The quantitative estimate of drug-likeness (QED) is 0.669. The molecule has 0 aliphatic heterocycles. The molecule has 0 atom stereocenters. The van der Waals surface area contributed by atoms with Gasteiger partial charge in [-0.05, 0) is 24.4 Å². The van der Waals surface area contributed by atoms with E-state index >= 15 is 0 Å². The van der Waals surface area contributed by atoms with Crippen molar-refractivity contribution in [2.75, 3.05) is 11.2 Å². The van der Waals surface area contributed by atoms with Gasteiger partial charge in [-0.15, -0.1) is 11.6 Å². The number of rotatable bonds is 4. The van der Waals surface area contributed by atoms with E-state index in [0.29, 0.717) is 3.95 Å². The maximum Gasteiger partial charge on any atom is 0.262 e. The average Bonchev–Trinajstić information content (AvgIpc) is 2.76. The number of halogens is 1. The van der Waals surface area contributed by atoms with Crippen molar-refractivity contribution in [3.63, 3.8) is 0 Å². The molecule has 1 heterocycles. The lowest BCUT2D eigenvalue weighted by atomic mass is 10.3. The van der Waals surface area contributed by atoms with Crippen molar-refractivity contribution >= 4 is 52.8 Å². The molecule has 0 saturated heterocycles. The number of aromatic nitrogens is 1. The van der Waals surface area contributed by atoms with Gasteiger partial charge in [0.25, 0.3) is 5.91 Å². The van der Waals surface area contributed by atoms with Gasteiger partial charge in [0.2, 0.25) is 5.91 Å². The number of alkyl halides is 1. The molecule has 3 N–H and O–H groups in total. The molecule has 2 rings (SSSR count). The molecule has 104 valence electrons. The van der Waals surface area contributed by atoms with Crippen molar-refractivity contribution in [2.24, 2.45) is 5.73 Å². The van der Waals surface area contributed by atoms with E-state index in [9.17, 15) is 9.59 Å². The smallest absolute Gasteiger partial charge is 0.262 e. The van der Waals surface area contributed by atoms with E-state index in [1.54, 1.807) is 4.57 Å². The van der Waals surface area contributed by atoms with Gasteiger partial charge in [-0.2, -0.15) is 0 Å². The molecule has 1 aromatic heterocycles. The summed E-state index contributed by atoms with van der Waals surface area (Å²) in [7, 11) is 0. The number of hydrogen-bond donors (Lipinski definition) is 2. The zero-order valence-electron chi connectivity index (χ0n) is 10.1. The van der Waals surface area contributed by atoms with Crippen LogP contribution in [0.2, 0.25) is 0 Å². The maximum absolute atomic E-state index is 11.5. The second kappa shape index (κ2) is 6.17. The number of para-hydroxylation sites is 1. The van der Waals surface area contributed by atoms with E-state index in [4.69, 9.17) is 29.6 Å². The Labute approximate surface area is 129 Å². The second-order valence-corrected chi connectivity index (χ2v) is 5.67. The normalized spacial score (nSPS) is 10.2. The van der Waals surface area contributed by atoms with Crippen LogP contribution in [0.25, 0.3) is 5.69 Å². The van der Waals surface area contributed by atoms with Crippen LogP contribution < -0.4 is 11.1 Å². The summed E-state index contributed by atoms with van der Waals surface area (Å²) in [6.45, 7) is 0. The summed E-state index contributed by atoms with van der Waals surface area (Å²) in [5, 5.41) is 2.56. The summed E-state index contributed by atoms with van der Waals surface area (Å²) in [5.41, 5.74) is 6.05. The molecule has 20 heavy (non-hydrogen) atoms. The molecule has 1 aromatic carbocycles. The third-order valence-corrected chi connectivity index (χ3v) is 4.06. The first-order valence-electron chi connectivity index (χ1n) is 5.51. The molecule has 0 spiro atoms. The third kappa shape index (κ3) is 2.90. The lowest BCUT2D eigenvalue weighted by Gasteiger charge is -2.10. The van der Waals surface area contributed by atoms with Crippen LogP contribution in [0.15, 0.2) is 30.3 Å². The van der Waals surface area contributed by atoms with Crippen LogP contribution in [0.5, 0.6) is 0 Å². The standard InChI is InChI=1S/C12H10ClN3O2S2/c13-6-8(17)15-11-9(10(14)18)20-12(19)16(11)7-4-2-1-3-5-7/h1-5H,6H2,(H2,14,18)(H,15,17). The summed E-state index contributed by atoms with van der Waals surface area (Å²) in [6, 6.07) is 9.12. The minimum Gasteiger partial charge on any atom is -0.365 e. The van der Waals surface area contributed by atoms with E-state index in [1.807, 2.05) is 30.3 Å². The predicted octanol–water partition coefficient (Wildman–Crippen LogP) is 2.54. The van der Waals surface area contributed by atoms with Gasteiger partial charge >= 0.3 is 0 Å². The summed E-state index contributed by atoms with van der Waals surface area (Å²) >= 11 is 11.8. The zero-order chi connectivity index (χ0) is 14.7. The molecule has 0 radical (unpaired) electrons. The number of anilines is 1. The molecule has 8 heteroatoms. The first-order chi connectivity index (χ1) is 9.54. The molecular weight excluding hydrogens is 318 g/mol. The van der Waals surface area contributed by atoms with Gasteiger partial charge in [-0.3, -0.25) is 14.2 Å². The molecule has 0 fully saturated rings. The SMILES string of the molecule is NC(=O)c1sc(=S)n(-c2ccccc2)c1NC(=O)CCl. The van der Waals surface area contributed by atoms with Crippen molar-refractivity contribution in [2.45, 2.75) is 0 Å². The Hall–Kier alpha value is -1.70. The lowest BCUT2D eigenvalue weighted by molar-refractivity contribution is -0.113. The Morgan fingerprint density at radius 3 is 2.55 bits per heavy atom. The van der Waals surface area contributed by atoms with Crippen molar-refractivity contribution in [3.8, 4) is 5.69 Å². The van der Waals surface area contributed by atoms with Crippen LogP contribution in [0.1, 0.15) is 9.67 Å². The molecule has 2 amide bonds. The number of nitrogens with two attached hydrogens (primary N) is 1. The van der Waals surface area contributed by atoms with E-state index < -0.39 is 11.8 Å². The number of benzene rings is 1. The fourth-order valence-electron chi connectivity index (χ4n) is 1.63. The number of nitrogens with one attached hydrogen (secondary N) is 1. The summed E-state index contributed by atoms with van der Waals surface area (Å²) in [5.74, 6) is -1.06. The van der Waals surface area contributed by atoms with Gasteiger partial charge in [0.15, 0.2) is 3.95 Å². The number of hydrogen-bond acceptors (Lipinski definition) is 4. The molecule has 0 saturated carbocycles. The van der Waals surface area contributed by atoms with Crippen molar-refractivity contribution in [3.05, 3.63) is 39.2 Å². The fraction of sp³-hybridized carbons (Fsp3) is 0.0833. The van der Waals surface area contributed by atoms with Crippen LogP contribution >= 0.6 is 35.2 Å². The fourth-order valence-corrected chi connectivity index (χ4v) is 2.95. The predicted molar refractivity (Wildman–Crippen MR) is 82.3 cm³/mol. The molecular formula is C12H10ClN3O2S2. The molecule has 0 unspecified atom stereocenters. The number of carbonyl (C=O) groups is 2. The molecule has 5 nitrogen and oxygen atoms in total. The number of thiazole rings is 1. The van der Waals surface area contributed by atoms with Gasteiger partial charge in [-0.25, -0.2) is 0 Å². The number of nitrogens with zero attached hydrogens (tertiary/aromatic N) is 1. The molecule has 0 aliphatic rings. The number of amides is 2. The average molecular weight is 328 g/mol. The van der Waals surface area contributed by atoms with E-state index in [2.05, 4.69) is 5.32 Å². The van der Waals surface area contributed by atoms with Gasteiger partial charge in [0, 0.05) is 5.69 Å². The molecule has 0 aliphatic carbocycles. The largest absolute Gasteiger partial charge is 0.365 e. The third-order valence-electron chi connectivity index (χ3n) is 2.43. The van der Waals surface area contributed by atoms with E-state index in [-0.39, 0.29) is 16.6 Å². The van der Waals surface area contributed by atoms with E-state index in [0.717, 1.165) is 17.0 Å². The summed E-state index contributed by atoms with van der Waals surface area (Å²) < 4.78 is 2.00. The number of carbonyl (C=O) groups excluding carboxylic acids is 2. The molecule has 2 aromatic rings. The maximum atomic E-state index is 11.5.